The van der Waals surface area contributed by atoms with Crippen LogP contribution in [0.25, 0.3) is 11.0 Å². The van der Waals surface area contributed by atoms with Crippen LogP contribution >= 0.6 is 11.6 Å². The Kier molecular flexibility index (Phi) is 5.98. The maximum atomic E-state index is 13.5. The molecule has 0 saturated heterocycles. The molecule has 5 rings (SSSR count). The summed E-state index contributed by atoms with van der Waals surface area (Å²) in [5.41, 5.74) is 7.49. The molecular weight excluding hydrogens is 438 g/mol. The van der Waals surface area contributed by atoms with Crippen LogP contribution in [0, 0.1) is 0 Å². The summed E-state index contributed by atoms with van der Waals surface area (Å²) in [4.78, 5) is 25.3. The predicted molar refractivity (Wildman–Crippen MR) is 129 cm³/mol. The molecule has 2 aromatic heterocycles. The van der Waals surface area contributed by atoms with Gasteiger partial charge in [0.1, 0.15) is 29.3 Å². The first-order valence-corrected chi connectivity index (χ1v) is 11.4. The number of fused-ring (bicyclic) bond motifs is 1. The van der Waals surface area contributed by atoms with E-state index in [1.54, 1.807) is 24.4 Å². The van der Waals surface area contributed by atoms with E-state index in [2.05, 4.69) is 20.3 Å². The Morgan fingerprint density at radius 3 is 2.58 bits per heavy atom. The van der Waals surface area contributed by atoms with Gasteiger partial charge in [0, 0.05) is 29.9 Å². The molecule has 0 amide bonds. The van der Waals surface area contributed by atoms with Crippen molar-refractivity contribution in [2.75, 3.05) is 5.32 Å². The summed E-state index contributed by atoms with van der Waals surface area (Å²) in [7, 11) is 0. The van der Waals surface area contributed by atoms with Gasteiger partial charge in [-0.1, -0.05) is 29.8 Å². The van der Waals surface area contributed by atoms with Crippen LogP contribution in [0.15, 0.2) is 61.1 Å². The number of H-pyrrole nitrogens is 1. The number of benzene rings is 2. The van der Waals surface area contributed by atoms with Crippen LogP contribution in [0.3, 0.4) is 0 Å². The first kappa shape index (κ1) is 21.4. The molecule has 0 spiro atoms. The van der Waals surface area contributed by atoms with E-state index in [0.717, 1.165) is 25.7 Å². The summed E-state index contributed by atoms with van der Waals surface area (Å²) in [6.45, 7) is 0. The molecule has 7 nitrogen and oxygen atoms in total. The van der Waals surface area contributed by atoms with Gasteiger partial charge in [-0.05, 0) is 49.9 Å². The minimum atomic E-state index is -0.207. The quantitative estimate of drug-likeness (QED) is 0.336. The van der Waals surface area contributed by atoms with Crippen LogP contribution in [-0.2, 0) is 0 Å². The third kappa shape index (κ3) is 4.55. The monoisotopic (exact) mass is 461 g/mol. The number of nitrogens with zero attached hydrogens (tertiary/aromatic N) is 2. The Morgan fingerprint density at radius 2 is 1.82 bits per heavy atom. The molecule has 0 aliphatic heterocycles. The smallest absolute Gasteiger partial charge is 0.196 e. The number of carbonyl (C=O) groups is 1. The number of para-hydroxylation sites is 1. The van der Waals surface area contributed by atoms with Gasteiger partial charge in [-0.3, -0.25) is 4.79 Å². The van der Waals surface area contributed by atoms with Gasteiger partial charge in [0.2, 0.25) is 0 Å². The van der Waals surface area contributed by atoms with Crippen molar-refractivity contribution in [3.05, 3.63) is 77.2 Å². The van der Waals surface area contributed by atoms with E-state index in [1.165, 1.54) is 6.33 Å². The first-order chi connectivity index (χ1) is 16.1. The average Bonchev–Trinajstić information content (AvgIpc) is 3.26. The molecule has 168 valence electrons. The Morgan fingerprint density at radius 1 is 1.03 bits per heavy atom. The van der Waals surface area contributed by atoms with Crippen molar-refractivity contribution < 1.29 is 9.53 Å². The number of nitrogens with one attached hydrogen (secondary N) is 2. The largest absolute Gasteiger partial charge is 0.457 e. The van der Waals surface area contributed by atoms with Crippen molar-refractivity contribution in [3.8, 4) is 11.5 Å². The maximum Gasteiger partial charge on any atom is 0.196 e. The van der Waals surface area contributed by atoms with E-state index < -0.39 is 0 Å². The van der Waals surface area contributed by atoms with E-state index in [1.807, 2.05) is 30.3 Å². The van der Waals surface area contributed by atoms with Gasteiger partial charge in [0.05, 0.1) is 16.0 Å². The number of aromatic nitrogens is 3. The lowest BCUT2D eigenvalue weighted by Gasteiger charge is -2.27. The van der Waals surface area contributed by atoms with E-state index in [9.17, 15) is 4.79 Å². The molecule has 0 atom stereocenters. The minimum absolute atomic E-state index is 0.207. The molecule has 8 heteroatoms. The van der Waals surface area contributed by atoms with Crippen LogP contribution in [-0.4, -0.2) is 32.8 Å². The number of nitrogens with two attached hydrogens (primary N) is 1. The highest BCUT2D eigenvalue weighted by molar-refractivity contribution is 6.35. The molecule has 2 aromatic carbocycles. The summed E-state index contributed by atoms with van der Waals surface area (Å²) in [6.07, 6.45) is 7.03. The zero-order valence-electron chi connectivity index (χ0n) is 17.9. The fourth-order valence-corrected chi connectivity index (χ4v) is 4.48. The van der Waals surface area contributed by atoms with Crippen LogP contribution in [0.4, 0.5) is 5.82 Å². The molecule has 4 aromatic rings. The standard InChI is InChI=1S/C25H24ClN5O2/c26-21-12-18(33-17-4-2-1-3-5-17)10-11-19(21)23(32)20-13-28-24-22(20)25(30-14-29-24)31-16-8-6-15(27)7-9-16/h1-5,10-16H,6-9,27H2,(H2,28,29,30,31)/t15-,16+. The van der Waals surface area contributed by atoms with Crippen LogP contribution in [0.5, 0.6) is 11.5 Å². The van der Waals surface area contributed by atoms with Crippen LogP contribution in [0.1, 0.15) is 41.6 Å². The molecule has 4 N–H and O–H groups in total. The highest BCUT2D eigenvalue weighted by Crippen LogP contribution is 2.32. The predicted octanol–water partition coefficient (Wildman–Crippen LogP) is 5.32. The van der Waals surface area contributed by atoms with Gasteiger partial charge in [-0.2, -0.15) is 0 Å². The molecule has 0 bridgehead atoms. The molecule has 33 heavy (non-hydrogen) atoms. The number of carbonyl (C=O) groups excluding carboxylic acids is 1. The van der Waals surface area contributed by atoms with Crippen molar-refractivity contribution >= 4 is 34.2 Å². The lowest BCUT2D eigenvalue weighted by molar-refractivity contribution is 0.104. The Hall–Kier alpha value is -3.42. The number of ketones is 1. The summed E-state index contributed by atoms with van der Waals surface area (Å²) in [5.74, 6) is 1.69. The van der Waals surface area contributed by atoms with Crippen LogP contribution < -0.4 is 15.8 Å². The van der Waals surface area contributed by atoms with E-state index in [4.69, 9.17) is 22.1 Å². The summed E-state index contributed by atoms with van der Waals surface area (Å²) in [5, 5.41) is 4.48. The van der Waals surface area contributed by atoms with E-state index in [-0.39, 0.29) is 17.9 Å². The van der Waals surface area contributed by atoms with Gasteiger partial charge in [-0.15, -0.1) is 0 Å². The third-order valence-corrected chi connectivity index (χ3v) is 6.30. The zero-order valence-corrected chi connectivity index (χ0v) is 18.7. The molecule has 1 aliphatic carbocycles. The molecule has 2 heterocycles. The lowest BCUT2D eigenvalue weighted by atomic mass is 9.92. The highest BCUT2D eigenvalue weighted by atomic mass is 35.5. The number of hydrogen-bond donors (Lipinski definition) is 3. The lowest BCUT2D eigenvalue weighted by Crippen LogP contribution is -2.33. The van der Waals surface area contributed by atoms with Gasteiger partial charge < -0.3 is 20.8 Å². The fraction of sp³-hybridized carbons (Fsp3) is 0.240. The molecule has 0 radical (unpaired) electrons. The van der Waals surface area contributed by atoms with Crippen LogP contribution in [0.2, 0.25) is 5.02 Å². The number of rotatable bonds is 6. The second-order valence-electron chi connectivity index (χ2n) is 8.29. The second-order valence-corrected chi connectivity index (χ2v) is 8.70. The van der Waals surface area contributed by atoms with Gasteiger partial charge >= 0.3 is 0 Å². The molecular formula is C25H24ClN5O2. The third-order valence-electron chi connectivity index (χ3n) is 5.99. The minimum Gasteiger partial charge on any atom is -0.457 e. The highest BCUT2D eigenvalue weighted by Gasteiger charge is 2.24. The number of ether oxygens (including phenoxy) is 1. The topological polar surface area (TPSA) is 106 Å². The number of halogens is 1. The number of aromatic amines is 1. The molecule has 0 unspecified atom stereocenters. The molecule has 1 aliphatic rings. The normalized spacial score (nSPS) is 18.2. The van der Waals surface area contributed by atoms with E-state index >= 15 is 0 Å². The maximum absolute atomic E-state index is 13.5. The van der Waals surface area contributed by atoms with Crippen molar-refractivity contribution in [2.24, 2.45) is 5.73 Å². The molecule has 1 fully saturated rings. The summed E-state index contributed by atoms with van der Waals surface area (Å²) < 4.78 is 5.83. The fourth-order valence-electron chi connectivity index (χ4n) is 4.22. The Bertz CT molecular complexity index is 1280. The summed E-state index contributed by atoms with van der Waals surface area (Å²) >= 11 is 6.50. The van der Waals surface area contributed by atoms with E-state index in [0.29, 0.717) is 44.5 Å². The van der Waals surface area contributed by atoms with Gasteiger partial charge in [0.15, 0.2) is 5.78 Å². The number of anilines is 1. The Balaban J connectivity index is 1.42. The van der Waals surface area contributed by atoms with Gasteiger partial charge in [0.25, 0.3) is 0 Å². The Labute approximate surface area is 196 Å². The van der Waals surface area contributed by atoms with Crippen molar-refractivity contribution in [1.82, 2.24) is 15.0 Å². The van der Waals surface area contributed by atoms with Crippen molar-refractivity contribution in [2.45, 2.75) is 37.8 Å². The van der Waals surface area contributed by atoms with Crippen molar-refractivity contribution in [1.29, 1.82) is 0 Å². The van der Waals surface area contributed by atoms with Gasteiger partial charge in [-0.25, -0.2) is 9.97 Å². The second kappa shape index (κ2) is 9.21. The number of hydrogen-bond acceptors (Lipinski definition) is 6. The SMILES string of the molecule is N[C@H]1CC[C@@H](Nc2ncnc3[nH]cc(C(=O)c4ccc(Oc5ccccc5)cc4Cl)c23)CC1. The zero-order chi connectivity index (χ0) is 22.8. The van der Waals surface area contributed by atoms with Crippen molar-refractivity contribution in [3.63, 3.8) is 0 Å². The molecule has 1 saturated carbocycles. The summed E-state index contributed by atoms with van der Waals surface area (Å²) in [6, 6.07) is 15.0. The average molecular weight is 462 g/mol. The first-order valence-electron chi connectivity index (χ1n) is 11.0.